The number of fused-ring (bicyclic) bond motifs is 1. The number of nitrogens with one attached hydrogen (secondary N) is 1. The first-order valence-corrected chi connectivity index (χ1v) is 9.35. The van der Waals surface area contributed by atoms with Crippen LogP contribution in [0, 0.1) is 0 Å². The predicted octanol–water partition coefficient (Wildman–Crippen LogP) is 2.86. The molecule has 3 rings (SSSR count). The number of carbonyl (C=O) groups is 1. The van der Waals surface area contributed by atoms with Gasteiger partial charge in [0.25, 0.3) is 0 Å². The summed E-state index contributed by atoms with van der Waals surface area (Å²) in [5.74, 6) is 1.04. The molecular formula is C18H20BrN5O4. The van der Waals surface area contributed by atoms with Crippen LogP contribution in [0.1, 0.15) is 25.5 Å². The van der Waals surface area contributed by atoms with Crippen LogP contribution in [-0.2, 0) is 9.53 Å². The van der Waals surface area contributed by atoms with Gasteiger partial charge in [-0.1, -0.05) is 17.8 Å². The number of rotatable bonds is 7. The summed E-state index contributed by atoms with van der Waals surface area (Å²) >= 11 is 3.54. The Labute approximate surface area is 170 Å². The molecule has 0 fully saturated rings. The molecule has 9 nitrogen and oxygen atoms in total. The number of ether oxygens (including phenoxy) is 3. The van der Waals surface area contributed by atoms with Crippen molar-refractivity contribution in [2.24, 2.45) is 0 Å². The van der Waals surface area contributed by atoms with Crippen molar-refractivity contribution in [1.29, 1.82) is 0 Å². The first-order valence-electron chi connectivity index (χ1n) is 8.55. The number of aromatic nitrogens is 4. The van der Waals surface area contributed by atoms with Crippen LogP contribution in [-0.4, -0.2) is 46.5 Å². The van der Waals surface area contributed by atoms with Crippen LogP contribution < -0.4 is 14.8 Å². The number of halogens is 1. The van der Waals surface area contributed by atoms with Gasteiger partial charge in [0, 0.05) is 5.70 Å². The highest BCUT2D eigenvalue weighted by Gasteiger charge is 2.35. The van der Waals surface area contributed by atoms with E-state index in [1.54, 1.807) is 13.0 Å². The van der Waals surface area contributed by atoms with Crippen LogP contribution in [0.25, 0.3) is 0 Å². The van der Waals surface area contributed by atoms with E-state index in [0.717, 1.165) is 5.56 Å². The minimum absolute atomic E-state index is 0.328. The van der Waals surface area contributed by atoms with Gasteiger partial charge in [0.05, 0.1) is 23.8 Å². The number of carbonyl (C=O) groups excluding carboxylic acids is 1. The van der Waals surface area contributed by atoms with E-state index in [4.69, 9.17) is 14.2 Å². The van der Waals surface area contributed by atoms with E-state index in [-0.39, 0.29) is 0 Å². The van der Waals surface area contributed by atoms with E-state index in [2.05, 4.69) is 43.4 Å². The summed E-state index contributed by atoms with van der Waals surface area (Å²) in [5.41, 5.74) is 1.74. The van der Waals surface area contributed by atoms with Crippen molar-refractivity contribution >= 4 is 27.8 Å². The summed E-state index contributed by atoms with van der Waals surface area (Å²) in [5, 5.41) is 14.8. The van der Waals surface area contributed by atoms with E-state index in [1.807, 2.05) is 19.1 Å². The number of hydrogen-bond donors (Lipinski definition) is 1. The maximum Gasteiger partial charge on any atom is 0.338 e. The molecule has 1 atom stereocenters. The Morgan fingerprint density at radius 3 is 2.89 bits per heavy atom. The maximum atomic E-state index is 12.5. The first-order chi connectivity index (χ1) is 13.5. The van der Waals surface area contributed by atoms with Crippen molar-refractivity contribution in [3.05, 3.63) is 46.1 Å². The topological polar surface area (TPSA) is 100 Å². The number of methoxy groups -OCH3 is 1. The van der Waals surface area contributed by atoms with Crippen molar-refractivity contribution in [3.8, 4) is 11.5 Å². The lowest BCUT2D eigenvalue weighted by atomic mass is 9.95. The van der Waals surface area contributed by atoms with E-state index in [0.29, 0.717) is 46.4 Å². The van der Waals surface area contributed by atoms with Crippen LogP contribution >= 0.6 is 15.9 Å². The van der Waals surface area contributed by atoms with Gasteiger partial charge in [0.1, 0.15) is 12.6 Å². The molecule has 1 aliphatic rings. The standard InChI is InChI=1S/C18H20BrN5O4/c1-5-7-28-16-12(19)8-11(9-13(16)27-6-2)15-14(17(25)26-4)10(3)20-18-21-22-23-24(15)18/h5,8-9,15H,1,6-7H2,2-4H3,(H,20,21,23)/t15-/m1/s1. The fourth-order valence-corrected chi connectivity index (χ4v) is 3.56. The summed E-state index contributed by atoms with van der Waals surface area (Å²) in [7, 11) is 1.34. The van der Waals surface area contributed by atoms with Gasteiger partial charge in [-0.05, 0) is 57.9 Å². The van der Waals surface area contributed by atoms with Crippen LogP contribution in [0.3, 0.4) is 0 Å². The zero-order valence-electron chi connectivity index (χ0n) is 15.7. The second-order valence-electron chi connectivity index (χ2n) is 5.87. The van der Waals surface area contributed by atoms with Gasteiger partial charge >= 0.3 is 5.97 Å². The van der Waals surface area contributed by atoms with Crippen LogP contribution in [0.15, 0.2) is 40.5 Å². The van der Waals surface area contributed by atoms with Gasteiger partial charge in [-0.25, -0.2) is 4.79 Å². The second kappa shape index (κ2) is 8.42. The van der Waals surface area contributed by atoms with Gasteiger partial charge in [-0.15, -0.1) is 0 Å². The Balaban J connectivity index is 2.17. The third kappa shape index (κ3) is 3.59. The molecule has 0 saturated carbocycles. The number of anilines is 1. The summed E-state index contributed by atoms with van der Waals surface area (Å²) < 4.78 is 18.7. The predicted molar refractivity (Wildman–Crippen MR) is 105 cm³/mol. The molecule has 2 heterocycles. The Bertz CT molecular complexity index is 940. The largest absolute Gasteiger partial charge is 0.490 e. The van der Waals surface area contributed by atoms with Gasteiger partial charge in [-0.2, -0.15) is 4.68 Å². The van der Waals surface area contributed by atoms with Gasteiger partial charge in [0.2, 0.25) is 5.95 Å². The third-order valence-corrected chi connectivity index (χ3v) is 4.70. The lowest BCUT2D eigenvalue weighted by Gasteiger charge is -2.27. The van der Waals surface area contributed by atoms with Crippen molar-refractivity contribution in [3.63, 3.8) is 0 Å². The molecule has 0 amide bonds. The molecule has 1 aromatic carbocycles. The SMILES string of the molecule is C=CCOc1c(Br)cc([C@@H]2C(C(=O)OC)=C(C)Nc3nnnn32)cc1OCC. The molecule has 1 N–H and O–H groups in total. The molecular weight excluding hydrogens is 430 g/mol. The number of benzene rings is 1. The molecule has 0 saturated heterocycles. The third-order valence-electron chi connectivity index (χ3n) is 4.11. The highest BCUT2D eigenvalue weighted by molar-refractivity contribution is 9.10. The zero-order valence-corrected chi connectivity index (χ0v) is 17.3. The number of hydrogen-bond acceptors (Lipinski definition) is 8. The normalized spacial score (nSPS) is 15.5. The monoisotopic (exact) mass is 449 g/mol. The van der Waals surface area contributed by atoms with E-state index in [9.17, 15) is 4.79 Å². The molecule has 0 aliphatic carbocycles. The molecule has 28 heavy (non-hydrogen) atoms. The van der Waals surface area contributed by atoms with Gasteiger partial charge in [-0.3, -0.25) is 0 Å². The molecule has 10 heteroatoms. The molecule has 0 spiro atoms. The minimum Gasteiger partial charge on any atom is -0.490 e. The highest BCUT2D eigenvalue weighted by atomic mass is 79.9. The molecule has 2 aromatic rings. The highest BCUT2D eigenvalue weighted by Crippen LogP contribution is 2.42. The van der Waals surface area contributed by atoms with Gasteiger partial charge < -0.3 is 19.5 Å². The van der Waals surface area contributed by atoms with E-state index < -0.39 is 12.0 Å². The van der Waals surface area contributed by atoms with Gasteiger partial charge in [0.15, 0.2) is 11.5 Å². The summed E-state index contributed by atoms with van der Waals surface area (Å²) in [6.45, 7) is 8.10. The Kier molecular flexibility index (Phi) is 5.98. The molecule has 1 aliphatic heterocycles. The zero-order chi connectivity index (χ0) is 20.3. The molecule has 1 aromatic heterocycles. The number of tetrazole rings is 1. The maximum absolute atomic E-state index is 12.5. The summed E-state index contributed by atoms with van der Waals surface area (Å²) in [6, 6.07) is 3.06. The lowest BCUT2D eigenvalue weighted by molar-refractivity contribution is -0.136. The van der Waals surface area contributed by atoms with Crippen molar-refractivity contribution < 1.29 is 19.0 Å². The Hall–Kier alpha value is -2.88. The Morgan fingerprint density at radius 1 is 1.43 bits per heavy atom. The fraction of sp³-hybridized carbons (Fsp3) is 0.333. The number of esters is 1. The molecule has 0 bridgehead atoms. The second-order valence-corrected chi connectivity index (χ2v) is 6.72. The number of nitrogens with zero attached hydrogens (tertiary/aromatic N) is 4. The number of allylic oxidation sites excluding steroid dienone is 1. The quantitative estimate of drug-likeness (QED) is 0.508. The molecule has 0 unspecified atom stereocenters. The van der Waals surface area contributed by atoms with E-state index >= 15 is 0 Å². The smallest absolute Gasteiger partial charge is 0.338 e. The average Bonchev–Trinajstić information content (AvgIpc) is 3.13. The van der Waals surface area contributed by atoms with Crippen molar-refractivity contribution in [2.45, 2.75) is 19.9 Å². The lowest BCUT2D eigenvalue weighted by Crippen LogP contribution is -2.29. The van der Waals surface area contributed by atoms with Crippen molar-refractivity contribution in [2.75, 3.05) is 25.6 Å². The average molecular weight is 450 g/mol. The van der Waals surface area contributed by atoms with Crippen LogP contribution in [0.5, 0.6) is 11.5 Å². The van der Waals surface area contributed by atoms with Crippen LogP contribution in [0.2, 0.25) is 0 Å². The first kappa shape index (κ1) is 19.9. The molecule has 0 radical (unpaired) electrons. The minimum atomic E-state index is -0.595. The molecule has 148 valence electrons. The summed E-state index contributed by atoms with van der Waals surface area (Å²) in [4.78, 5) is 12.5. The van der Waals surface area contributed by atoms with Crippen molar-refractivity contribution in [1.82, 2.24) is 20.2 Å². The summed E-state index contributed by atoms with van der Waals surface area (Å²) in [6.07, 6.45) is 1.65. The fourth-order valence-electron chi connectivity index (χ4n) is 2.99. The van der Waals surface area contributed by atoms with E-state index in [1.165, 1.54) is 11.8 Å². The van der Waals surface area contributed by atoms with Crippen LogP contribution in [0.4, 0.5) is 5.95 Å². The Morgan fingerprint density at radius 2 is 2.21 bits per heavy atom.